The molecule has 2 rings (SSSR count). The normalized spacial score (nSPS) is 13.8. The molecule has 0 aliphatic rings. The summed E-state index contributed by atoms with van der Waals surface area (Å²) < 4.78 is 5.76. The molecule has 2 aromatic carbocycles. The van der Waals surface area contributed by atoms with E-state index < -0.39 is 0 Å². The zero-order chi connectivity index (χ0) is 13.7. The van der Waals surface area contributed by atoms with Crippen molar-refractivity contribution in [2.24, 2.45) is 5.73 Å². The van der Waals surface area contributed by atoms with Crippen LogP contribution in [-0.2, 0) is 0 Å². The van der Waals surface area contributed by atoms with E-state index in [0.29, 0.717) is 0 Å². The predicted octanol–water partition coefficient (Wildman–Crippen LogP) is 3.09. The molecule has 0 bridgehead atoms. The maximum absolute atomic E-state index is 5.95. The minimum Gasteiger partial charge on any atom is -0.457 e. The van der Waals surface area contributed by atoms with Crippen LogP contribution < -0.4 is 15.8 Å². The first-order valence-corrected chi connectivity index (χ1v) is 6.46. The number of rotatable bonds is 5. The number of hydrogen-bond donors (Lipinski definition) is 2. The zero-order valence-electron chi connectivity index (χ0n) is 11.3. The quantitative estimate of drug-likeness (QED) is 0.864. The van der Waals surface area contributed by atoms with Gasteiger partial charge in [-0.05, 0) is 43.8 Å². The molecular weight excluding hydrogens is 236 g/mol. The number of para-hydroxylation sites is 1. The monoisotopic (exact) mass is 256 g/mol. The highest BCUT2D eigenvalue weighted by atomic mass is 16.5. The number of nitrogens with two attached hydrogens (primary N) is 1. The summed E-state index contributed by atoms with van der Waals surface area (Å²) in [7, 11) is 1.92. The molecular formula is C16H20N2O. The van der Waals surface area contributed by atoms with Crippen molar-refractivity contribution in [1.29, 1.82) is 0 Å². The van der Waals surface area contributed by atoms with Crippen LogP contribution in [0.3, 0.4) is 0 Å². The van der Waals surface area contributed by atoms with Gasteiger partial charge in [-0.15, -0.1) is 0 Å². The van der Waals surface area contributed by atoms with Crippen molar-refractivity contribution in [3.8, 4) is 11.5 Å². The molecule has 0 aromatic heterocycles. The van der Waals surface area contributed by atoms with Crippen molar-refractivity contribution in [3.63, 3.8) is 0 Å². The van der Waals surface area contributed by atoms with Crippen LogP contribution >= 0.6 is 0 Å². The summed E-state index contributed by atoms with van der Waals surface area (Å²) in [5.41, 5.74) is 7.11. The SMILES string of the molecule is CNC(c1ccc(Oc2ccccc2)cc1)C(C)N. The lowest BCUT2D eigenvalue weighted by atomic mass is 10.0. The third-order valence-electron chi connectivity index (χ3n) is 3.05. The van der Waals surface area contributed by atoms with Gasteiger partial charge in [0.05, 0.1) is 0 Å². The molecule has 0 saturated heterocycles. The fraction of sp³-hybridized carbons (Fsp3) is 0.250. The van der Waals surface area contributed by atoms with E-state index in [1.807, 2.05) is 68.6 Å². The van der Waals surface area contributed by atoms with Gasteiger partial charge in [0.15, 0.2) is 0 Å². The second-order valence-electron chi connectivity index (χ2n) is 4.61. The highest BCUT2D eigenvalue weighted by Gasteiger charge is 2.13. The fourth-order valence-corrected chi connectivity index (χ4v) is 2.10. The number of benzene rings is 2. The van der Waals surface area contributed by atoms with E-state index in [4.69, 9.17) is 10.5 Å². The maximum Gasteiger partial charge on any atom is 0.127 e. The van der Waals surface area contributed by atoms with Gasteiger partial charge in [-0.1, -0.05) is 30.3 Å². The molecule has 0 aliphatic carbocycles. The van der Waals surface area contributed by atoms with E-state index in [1.54, 1.807) is 0 Å². The van der Waals surface area contributed by atoms with Crippen LogP contribution in [0, 0.1) is 0 Å². The van der Waals surface area contributed by atoms with Crippen LogP contribution in [0.5, 0.6) is 11.5 Å². The molecule has 2 atom stereocenters. The smallest absolute Gasteiger partial charge is 0.127 e. The van der Waals surface area contributed by atoms with Crippen molar-refractivity contribution in [2.45, 2.75) is 19.0 Å². The van der Waals surface area contributed by atoms with Gasteiger partial charge in [0.2, 0.25) is 0 Å². The van der Waals surface area contributed by atoms with Crippen LogP contribution in [0.1, 0.15) is 18.5 Å². The van der Waals surface area contributed by atoms with Crippen LogP contribution in [-0.4, -0.2) is 13.1 Å². The van der Waals surface area contributed by atoms with Crippen molar-refractivity contribution in [3.05, 3.63) is 60.2 Å². The van der Waals surface area contributed by atoms with Crippen LogP contribution in [0.15, 0.2) is 54.6 Å². The zero-order valence-corrected chi connectivity index (χ0v) is 11.3. The van der Waals surface area contributed by atoms with Gasteiger partial charge in [-0.25, -0.2) is 0 Å². The summed E-state index contributed by atoms with van der Waals surface area (Å²) in [5, 5.41) is 3.22. The van der Waals surface area contributed by atoms with Gasteiger partial charge in [0.1, 0.15) is 11.5 Å². The van der Waals surface area contributed by atoms with Gasteiger partial charge in [0.25, 0.3) is 0 Å². The third kappa shape index (κ3) is 3.56. The molecule has 3 N–H and O–H groups in total. The number of likely N-dealkylation sites (N-methyl/N-ethyl adjacent to an activating group) is 1. The summed E-state index contributed by atoms with van der Waals surface area (Å²) >= 11 is 0. The van der Waals surface area contributed by atoms with E-state index in [1.165, 1.54) is 0 Å². The molecule has 0 fully saturated rings. The van der Waals surface area contributed by atoms with E-state index >= 15 is 0 Å². The first kappa shape index (κ1) is 13.6. The number of hydrogen-bond acceptors (Lipinski definition) is 3. The molecule has 100 valence electrons. The Morgan fingerprint density at radius 2 is 1.53 bits per heavy atom. The van der Waals surface area contributed by atoms with Gasteiger partial charge in [-0.2, -0.15) is 0 Å². The van der Waals surface area contributed by atoms with Crippen LogP contribution in [0.4, 0.5) is 0 Å². The second kappa shape index (κ2) is 6.36. The molecule has 3 nitrogen and oxygen atoms in total. The highest BCUT2D eigenvalue weighted by molar-refractivity contribution is 5.34. The van der Waals surface area contributed by atoms with Crippen molar-refractivity contribution in [1.82, 2.24) is 5.32 Å². The Kier molecular flexibility index (Phi) is 4.55. The summed E-state index contributed by atoms with van der Waals surface area (Å²) in [6, 6.07) is 18.0. The standard InChI is InChI=1S/C16H20N2O/c1-12(17)16(18-2)13-8-10-15(11-9-13)19-14-6-4-3-5-7-14/h3-12,16,18H,17H2,1-2H3. The molecule has 0 amide bonds. The first-order chi connectivity index (χ1) is 9.20. The van der Waals surface area contributed by atoms with Gasteiger partial charge in [-0.3, -0.25) is 0 Å². The lowest BCUT2D eigenvalue weighted by molar-refractivity contribution is 0.479. The fourth-order valence-electron chi connectivity index (χ4n) is 2.10. The summed E-state index contributed by atoms with van der Waals surface area (Å²) in [6.45, 7) is 2.00. The van der Waals surface area contributed by atoms with E-state index in [-0.39, 0.29) is 12.1 Å². The molecule has 0 heterocycles. The van der Waals surface area contributed by atoms with Gasteiger partial charge in [0, 0.05) is 12.1 Å². The molecule has 0 spiro atoms. The molecule has 0 saturated carbocycles. The molecule has 19 heavy (non-hydrogen) atoms. The van der Waals surface area contributed by atoms with E-state index in [0.717, 1.165) is 17.1 Å². The van der Waals surface area contributed by atoms with Gasteiger partial charge >= 0.3 is 0 Å². The molecule has 0 radical (unpaired) electrons. The Labute approximate surface area is 114 Å². The lowest BCUT2D eigenvalue weighted by Crippen LogP contribution is -2.33. The number of nitrogens with one attached hydrogen (secondary N) is 1. The molecule has 2 unspecified atom stereocenters. The van der Waals surface area contributed by atoms with Crippen molar-refractivity contribution >= 4 is 0 Å². The van der Waals surface area contributed by atoms with Crippen molar-refractivity contribution < 1.29 is 4.74 Å². The minimum absolute atomic E-state index is 0.0610. The maximum atomic E-state index is 5.95. The van der Waals surface area contributed by atoms with E-state index in [9.17, 15) is 0 Å². The third-order valence-corrected chi connectivity index (χ3v) is 3.05. The van der Waals surface area contributed by atoms with Crippen LogP contribution in [0.2, 0.25) is 0 Å². The average molecular weight is 256 g/mol. The van der Waals surface area contributed by atoms with Crippen LogP contribution in [0.25, 0.3) is 0 Å². The average Bonchev–Trinajstić information content (AvgIpc) is 2.42. The Hall–Kier alpha value is -1.84. The molecule has 0 aliphatic heterocycles. The van der Waals surface area contributed by atoms with Crippen molar-refractivity contribution in [2.75, 3.05) is 7.05 Å². The summed E-state index contributed by atoms with van der Waals surface area (Å²) in [6.07, 6.45) is 0. The summed E-state index contributed by atoms with van der Waals surface area (Å²) in [4.78, 5) is 0. The molecule has 2 aromatic rings. The lowest BCUT2D eigenvalue weighted by Gasteiger charge is -2.20. The Bertz CT molecular complexity index is 494. The topological polar surface area (TPSA) is 47.3 Å². The van der Waals surface area contributed by atoms with Gasteiger partial charge < -0.3 is 15.8 Å². The van der Waals surface area contributed by atoms with E-state index in [2.05, 4.69) is 5.32 Å². The first-order valence-electron chi connectivity index (χ1n) is 6.46. The molecule has 3 heteroatoms. The Morgan fingerprint density at radius 3 is 2.05 bits per heavy atom. The second-order valence-corrected chi connectivity index (χ2v) is 4.61. The highest BCUT2D eigenvalue weighted by Crippen LogP contribution is 2.23. The predicted molar refractivity (Wildman–Crippen MR) is 78.4 cm³/mol. The Morgan fingerprint density at radius 1 is 0.947 bits per heavy atom. The summed E-state index contributed by atoms with van der Waals surface area (Å²) in [5.74, 6) is 1.67. The Balaban J connectivity index is 2.10. The largest absolute Gasteiger partial charge is 0.457 e. The minimum atomic E-state index is 0.0610. The number of ether oxygens (including phenoxy) is 1.